The Labute approximate surface area is 504 Å². The number of unbranched alkanes of at least 4 members (excludes halogenated alkanes) is 23. The molecule has 1 N–H and O–H groups in total. The van der Waals surface area contributed by atoms with Gasteiger partial charge in [0.2, 0.25) is 0 Å². The van der Waals surface area contributed by atoms with E-state index in [2.05, 4.69) is 148 Å². The molecule has 0 aliphatic heterocycles. The van der Waals surface area contributed by atoms with Crippen molar-refractivity contribution in [3.63, 3.8) is 0 Å². The third-order valence-corrected chi connectivity index (χ3v) is 14.7. The van der Waals surface area contributed by atoms with E-state index in [1.807, 2.05) is 21.1 Å². The summed E-state index contributed by atoms with van der Waals surface area (Å²) in [7, 11) is 1.46. The smallest absolute Gasteiger partial charge is 0.462 e. The van der Waals surface area contributed by atoms with Crippen LogP contribution in [0.3, 0.4) is 0 Å². The molecular weight excluding hydrogens is 1040 g/mol. The number of hydrogen-bond acceptors (Lipinski definition) is 7. The zero-order valence-corrected chi connectivity index (χ0v) is 54.1. The number of carbonyl (C=O) groups excluding carboxylic acids is 2. The van der Waals surface area contributed by atoms with Crippen LogP contribution in [0.25, 0.3) is 0 Å². The highest BCUT2D eigenvalue weighted by atomic mass is 31.2. The quantitative estimate of drug-likeness (QED) is 0.0211. The number of allylic oxidation sites excluding steroid dienone is 22. The average Bonchev–Trinajstić information content (AvgIpc) is 3.46. The van der Waals surface area contributed by atoms with Gasteiger partial charge in [0, 0.05) is 12.8 Å². The molecule has 10 heteroatoms. The van der Waals surface area contributed by atoms with Gasteiger partial charge in [-0.25, -0.2) is 4.57 Å². The third-order valence-electron chi connectivity index (χ3n) is 13.7. The molecule has 0 aromatic heterocycles. The van der Waals surface area contributed by atoms with Crippen LogP contribution in [0.4, 0.5) is 0 Å². The molecule has 468 valence electrons. The molecular formula is C72H123NO8P+. The topological polar surface area (TPSA) is 108 Å². The lowest BCUT2D eigenvalue weighted by Gasteiger charge is -2.24. The first-order valence-corrected chi connectivity index (χ1v) is 34.4. The molecule has 9 nitrogen and oxygen atoms in total. The summed E-state index contributed by atoms with van der Waals surface area (Å²) in [5.41, 5.74) is 0. The number of ether oxygens (including phenoxy) is 2. The van der Waals surface area contributed by atoms with Crippen molar-refractivity contribution >= 4 is 19.8 Å². The molecule has 0 radical (unpaired) electrons. The fraction of sp³-hybridized carbons (Fsp3) is 0.667. The molecule has 0 aromatic rings. The number of hydrogen-bond donors (Lipinski definition) is 1. The van der Waals surface area contributed by atoms with E-state index in [-0.39, 0.29) is 32.0 Å². The number of nitrogens with zero attached hydrogens (tertiary/aromatic N) is 1. The largest absolute Gasteiger partial charge is 0.472 e. The van der Waals surface area contributed by atoms with Gasteiger partial charge in [-0.1, -0.05) is 270 Å². The Bertz CT molecular complexity index is 1850. The molecule has 0 fully saturated rings. The van der Waals surface area contributed by atoms with E-state index < -0.39 is 26.5 Å². The highest BCUT2D eigenvalue weighted by Gasteiger charge is 2.27. The standard InChI is InChI=1S/C72H122NO8P/c1-6-8-10-12-14-16-18-20-22-24-26-27-28-29-30-31-32-33-34-35-36-37-38-39-40-41-42-43-44-45-47-49-51-53-55-57-59-61-63-65-72(75)81-70(69-80-82(76,77)79-67-66-73(3,4)5)68-78-71(74)64-62-60-58-56-54-52-50-48-46-25-23-21-19-17-15-13-11-9-7-2/h8-11,14-17,20-23,26-27,29-30,32-33,35-36,46,48,70H,6-7,12-13,18-19,24-25,28,31,34,37-45,47,49-69H2,1-5H3/p+1/b10-8-,11-9-,16-14-,17-15-,22-20-,23-21-,27-26-,30-29-,33-32-,36-35-,48-46-. The molecule has 2 atom stereocenters. The van der Waals surface area contributed by atoms with E-state index in [1.165, 1.54) is 89.9 Å². The lowest BCUT2D eigenvalue weighted by atomic mass is 10.0. The van der Waals surface area contributed by atoms with Crippen molar-refractivity contribution in [2.75, 3.05) is 47.5 Å². The maximum Gasteiger partial charge on any atom is 0.472 e. The summed E-state index contributed by atoms with van der Waals surface area (Å²) in [5, 5.41) is 0. The minimum atomic E-state index is -4.40. The van der Waals surface area contributed by atoms with Gasteiger partial charge in [0.15, 0.2) is 6.10 Å². The summed E-state index contributed by atoms with van der Waals surface area (Å²) in [5.74, 6) is -0.815. The van der Waals surface area contributed by atoms with Crippen LogP contribution in [0.5, 0.6) is 0 Å². The van der Waals surface area contributed by atoms with E-state index in [0.29, 0.717) is 17.4 Å². The molecule has 0 bridgehead atoms. The fourth-order valence-corrected chi connectivity index (χ4v) is 9.44. The zero-order chi connectivity index (χ0) is 59.8. The molecule has 0 amide bonds. The average molecular weight is 1160 g/mol. The molecule has 0 aliphatic rings. The van der Waals surface area contributed by atoms with Crippen LogP contribution >= 0.6 is 7.82 Å². The first-order chi connectivity index (χ1) is 40.0. The van der Waals surface area contributed by atoms with Crippen LogP contribution in [0.1, 0.15) is 258 Å². The normalized spacial score (nSPS) is 14.1. The molecule has 0 heterocycles. The second-order valence-corrected chi connectivity index (χ2v) is 24.2. The molecule has 0 saturated carbocycles. The van der Waals surface area contributed by atoms with Crippen molar-refractivity contribution in [1.82, 2.24) is 0 Å². The zero-order valence-electron chi connectivity index (χ0n) is 53.2. The first kappa shape index (κ1) is 78.1. The molecule has 0 rings (SSSR count). The van der Waals surface area contributed by atoms with E-state index >= 15 is 0 Å². The van der Waals surface area contributed by atoms with Gasteiger partial charge in [-0.2, -0.15) is 0 Å². The summed E-state index contributed by atoms with van der Waals surface area (Å²) in [6, 6.07) is 0. The number of rotatable bonds is 59. The van der Waals surface area contributed by atoms with Crippen LogP contribution in [-0.4, -0.2) is 74.9 Å². The van der Waals surface area contributed by atoms with E-state index in [0.717, 1.165) is 135 Å². The van der Waals surface area contributed by atoms with Crippen molar-refractivity contribution in [3.8, 4) is 0 Å². The predicted octanol–water partition coefficient (Wildman–Crippen LogP) is 21.3. The van der Waals surface area contributed by atoms with Crippen molar-refractivity contribution in [1.29, 1.82) is 0 Å². The molecule has 0 aliphatic carbocycles. The minimum Gasteiger partial charge on any atom is -0.462 e. The fourth-order valence-electron chi connectivity index (χ4n) is 8.69. The number of quaternary nitrogens is 1. The van der Waals surface area contributed by atoms with Crippen molar-refractivity contribution in [2.45, 2.75) is 264 Å². The molecule has 2 unspecified atom stereocenters. The number of phosphoric acid groups is 1. The monoisotopic (exact) mass is 1160 g/mol. The van der Waals surface area contributed by atoms with Crippen LogP contribution in [0, 0.1) is 0 Å². The predicted molar refractivity (Wildman–Crippen MR) is 353 cm³/mol. The number of likely N-dealkylation sites (N-methyl/N-ethyl adjacent to an activating group) is 1. The molecule has 0 spiro atoms. The summed E-state index contributed by atoms with van der Waals surface area (Å²) in [6.07, 6.45) is 89.7. The van der Waals surface area contributed by atoms with Gasteiger partial charge in [-0.05, 0) is 109 Å². The Morgan fingerprint density at radius 2 is 0.659 bits per heavy atom. The van der Waals surface area contributed by atoms with Crippen LogP contribution < -0.4 is 0 Å². The Morgan fingerprint density at radius 1 is 0.378 bits per heavy atom. The lowest BCUT2D eigenvalue weighted by molar-refractivity contribution is -0.870. The van der Waals surface area contributed by atoms with Gasteiger partial charge in [-0.15, -0.1) is 0 Å². The Kier molecular flexibility index (Phi) is 58.8. The van der Waals surface area contributed by atoms with Gasteiger partial charge < -0.3 is 18.9 Å². The summed E-state index contributed by atoms with van der Waals surface area (Å²) in [6.45, 7) is 4.19. The van der Waals surface area contributed by atoms with Gasteiger partial charge in [0.1, 0.15) is 19.8 Å². The summed E-state index contributed by atoms with van der Waals surface area (Å²) < 4.78 is 34.6. The van der Waals surface area contributed by atoms with Crippen molar-refractivity contribution < 1.29 is 42.1 Å². The molecule has 0 aromatic carbocycles. The van der Waals surface area contributed by atoms with Gasteiger partial charge in [-0.3, -0.25) is 18.6 Å². The Balaban J connectivity index is 4.04. The van der Waals surface area contributed by atoms with Gasteiger partial charge >= 0.3 is 19.8 Å². The Hall–Kier alpha value is -3.85. The summed E-state index contributed by atoms with van der Waals surface area (Å²) in [4.78, 5) is 35.8. The SMILES string of the molecule is CC/C=C\C/C=C\C/C=C\C/C=C\C/C=C\C/C=C\C/C=C\CCCCCCCCCCCCCCCCCCCC(=O)OC(COC(=O)CCCCCCCC/C=C\C/C=C\C/C=C\C/C=C\CC)COP(=O)(O)OCC[N+](C)(C)C. The number of esters is 2. The minimum absolute atomic E-state index is 0.0242. The maximum atomic E-state index is 12.9. The van der Waals surface area contributed by atoms with Crippen LogP contribution in [0.15, 0.2) is 134 Å². The maximum absolute atomic E-state index is 12.9. The second-order valence-electron chi connectivity index (χ2n) is 22.7. The first-order valence-electron chi connectivity index (χ1n) is 32.9. The highest BCUT2D eigenvalue weighted by molar-refractivity contribution is 7.47. The molecule has 0 saturated heterocycles. The van der Waals surface area contributed by atoms with E-state index in [4.69, 9.17) is 18.5 Å². The van der Waals surface area contributed by atoms with Crippen LogP contribution in [0.2, 0.25) is 0 Å². The van der Waals surface area contributed by atoms with E-state index in [1.54, 1.807) is 0 Å². The lowest BCUT2D eigenvalue weighted by Crippen LogP contribution is -2.37. The third kappa shape index (κ3) is 65.3. The number of phosphoric ester groups is 1. The number of carbonyl (C=O) groups is 2. The highest BCUT2D eigenvalue weighted by Crippen LogP contribution is 2.43. The van der Waals surface area contributed by atoms with Crippen molar-refractivity contribution in [2.24, 2.45) is 0 Å². The summed E-state index contributed by atoms with van der Waals surface area (Å²) >= 11 is 0. The van der Waals surface area contributed by atoms with E-state index in [9.17, 15) is 19.0 Å². The van der Waals surface area contributed by atoms with Crippen molar-refractivity contribution in [3.05, 3.63) is 134 Å². The molecule has 82 heavy (non-hydrogen) atoms. The van der Waals surface area contributed by atoms with Gasteiger partial charge in [0.05, 0.1) is 27.7 Å². The second kappa shape index (κ2) is 61.7. The van der Waals surface area contributed by atoms with Crippen LogP contribution in [-0.2, 0) is 32.7 Å². The van der Waals surface area contributed by atoms with Gasteiger partial charge in [0.25, 0.3) is 0 Å². The Morgan fingerprint density at radius 3 is 0.976 bits per heavy atom.